The molecule has 1 fully saturated rings. The van der Waals surface area contributed by atoms with Gasteiger partial charge in [-0.15, -0.1) is 11.3 Å². The first-order valence-corrected chi connectivity index (χ1v) is 8.89. The second-order valence-corrected chi connectivity index (χ2v) is 7.22. The molecule has 0 radical (unpaired) electrons. The minimum Gasteiger partial charge on any atom is -0.387 e. The van der Waals surface area contributed by atoms with Gasteiger partial charge < -0.3 is 10.0 Å². The molecule has 0 spiro atoms. The number of aryl methyl sites for hydroxylation is 2. The predicted octanol–water partition coefficient (Wildman–Crippen LogP) is 3.67. The Morgan fingerprint density at radius 2 is 1.91 bits per heavy atom. The Morgan fingerprint density at radius 1 is 1.23 bits per heavy atom. The number of piperidine rings is 1. The lowest BCUT2D eigenvalue weighted by Crippen LogP contribution is -2.36. The Bertz CT molecular complexity index is 600. The van der Waals surface area contributed by atoms with Crippen LogP contribution in [0.1, 0.15) is 46.7 Å². The van der Waals surface area contributed by atoms with Crippen molar-refractivity contribution in [1.82, 2.24) is 9.88 Å². The third-order valence-corrected chi connectivity index (χ3v) is 5.59. The van der Waals surface area contributed by atoms with Gasteiger partial charge in [-0.2, -0.15) is 0 Å². The van der Waals surface area contributed by atoms with Crippen molar-refractivity contribution in [2.75, 3.05) is 19.6 Å². The number of rotatable bonds is 4. The molecule has 22 heavy (non-hydrogen) atoms. The van der Waals surface area contributed by atoms with Crippen molar-refractivity contribution in [1.29, 1.82) is 0 Å². The Balaban J connectivity index is 1.52. The first-order valence-electron chi connectivity index (χ1n) is 8.01. The summed E-state index contributed by atoms with van der Waals surface area (Å²) in [4.78, 5) is 7.00. The first kappa shape index (κ1) is 15.7. The molecule has 1 aromatic heterocycles. The number of hydrogen-bond acceptors (Lipinski definition) is 4. The summed E-state index contributed by atoms with van der Waals surface area (Å²) in [5.74, 6) is 0.603. The van der Waals surface area contributed by atoms with Gasteiger partial charge in [0.15, 0.2) is 0 Å². The predicted molar refractivity (Wildman–Crippen MR) is 91.4 cm³/mol. The molecule has 0 bridgehead atoms. The van der Waals surface area contributed by atoms with Crippen LogP contribution in [0, 0.1) is 13.8 Å². The molecule has 3 nitrogen and oxygen atoms in total. The molecule has 118 valence electrons. The molecule has 1 aliphatic rings. The number of thiazole rings is 1. The number of hydrogen-bond donors (Lipinski definition) is 1. The van der Waals surface area contributed by atoms with Crippen molar-refractivity contribution < 1.29 is 5.11 Å². The van der Waals surface area contributed by atoms with E-state index in [-0.39, 0.29) is 6.10 Å². The summed E-state index contributed by atoms with van der Waals surface area (Å²) in [6.45, 7) is 6.96. The van der Waals surface area contributed by atoms with E-state index in [1.165, 1.54) is 10.6 Å². The molecule has 1 atom stereocenters. The highest BCUT2D eigenvalue weighted by atomic mass is 32.1. The van der Waals surface area contributed by atoms with Crippen molar-refractivity contribution in [3.63, 3.8) is 0 Å². The Kier molecular flexibility index (Phi) is 4.91. The smallest absolute Gasteiger partial charge is 0.0960 e. The summed E-state index contributed by atoms with van der Waals surface area (Å²) in [7, 11) is 0. The molecule has 0 amide bonds. The fourth-order valence-electron chi connectivity index (χ4n) is 3.06. The van der Waals surface area contributed by atoms with Crippen molar-refractivity contribution in [2.24, 2.45) is 0 Å². The summed E-state index contributed by atoms with van der Waals surface area (Å²) >= 11 is 1.79. The molecular weight excluding hydrogens is 292 g/mol. The molecule has 1 unspecified atom stereocenters. The zero-order valence-electron chi connectivity index (χ0n) is 13.3. The van der Waals surface area contributed by atoms with E-state index >= 15 is 0 Å². The average Bonchev–Trinajstić information content (AvgIpc) is 2.95. The highest BCUT2D eigenvalue weighted by Gasteiger charge is 2.24. The molecule has 2 aromatic rings. The molecule has 0 saturated carbocycles. The largest absolute Gasteiger partial charge is 0.387 e. The highest BCUT2D eigenvalue weighted by Crippen LogP contribution is 2.30. The van der Waals surface area contributed by atoms with Crippen molar-refractivity contribution in [3.05, 3.63) is 51.5 Å². The van der Waals surface area contributed by atoms with Gasteiger partial charge in [0.25, 0.3) is 0 Å². The monoisotopic (exact) mass is 316 g/mol. The number of nitrogens with zero attached hydrogens (tertiary/aromatic N) is 2. The van der Waals surface area contributed by atoms with Crippen LogP contribution in [0.5, 0.6) is 0 Å². The van der Waals surface area contributed by atoms with E-state index in [9.17, 15) is 5.11 Å². The van der Waals surface area contributed by atoms with Gasteiger partial charge in [0.2, 0.25) is 0 Å². The molecule has 1 N–H and O–H groups in total. The van der Waals surface area contributed by atoms with Crippen LogP contribution in [-0.2, 0) is 0 Å². The standard InChI is InChI=1S/C18H24N2OS/c1-13-3-5-15(6-4-13)17(21)11-20-9-7-16(8-10-20)18-19-14(2)12-22-18/h3-6,12,16-17,21H,7-11H2,1-2H3. The Morgan fingerprint density at radius 3 is 2.50 bits per heavy atom. The van der Waals surface area contributed by atoms with Crippen LogP contribution in [0.4, 0.5) is 0 Å². The number of aliphatic hydroxyl groups is 1. The van der Waals surface area contributed by atoms with Crippen LogP contribution < -0.4 is 0 Å². The van der Waals surface area contributed by atoms with Gasteiger partial charge in [0.1, 0.15) is 0 Å². The SMILES string of the molecule is Cc1ccc(C(O)CN2CCC(c3nc(C)cs3)CC2)cc1. The molecule has 4 heteroatoms. The number of likely N-dealkylation sites (tertiary alicyclic amines) is 1. The molecule has 1 aromatic carbocycles. The van der Waals surface area contributed by atoms with Crippen LogP contribution in [0.25, 0.3) is 0 Å². The lowest BCUT2D eigenvalue weighted by molar-refractivity contribution is 0.0972. The lowest BCUT2D eigenvalue weighted by Gasteiger charge is -2.32. The minimum atomic E-state index is -0.390. The zero-order valence-corrected chi connectivity index (χ0v) is 14.1. The number of aliphatic hydroxyl groups excluding tert-OH is 1. The molecule has 3 rings (SSSR count). The second-order valence-electron chi connectivity index (χ2n) is 6.33. The maximum Gasteiger partial charge on any atom is 0.0960 e. The summed E-state index contributed by atoms with van der Waals surface area (Å²) in [6.07, 6.45) is 1.90. The van der Waals surface area contributed by atoms with Crippen molar-refractivity contribution in [3.8, 4) is 0 Å². The van der Waals surface area contributed by atoms with Crippen LogP contribution in [0.2, 0.25) is 0 Å². The average molecular weight is 316 g/mol. The topological polar surface area (TPSA) is 36.4 Å². The van der Waals surface area contributed by atoms with Gasteiger partial charge in [0, 0.05) is 23.5 Å². The third-order valence-electron chi connectivity index (χ3n) is 4.47. The summed E-state index contributed by atoms with van der Waals surface area (Å²) in [5.41, 5.74) is 3.39. The fourth-order valence-corrected chi connectivity index (χ4v) is 4.03. The first-order chi connectivity index (χ1) is 10.6. The molecule has 1 saturated heterocycles. The maximum absolute atomic E-state index is 10.4. The number of benzene rings is 1. The van der Waals surface area contributed by atoms with Gasteiger partial charge in [-0.3, -0.25) is 0 Å². The normalized spacial score (nSPS) is 18.5. The lowest BCUT2D eigenvalue weighted by atomic mass is 9.97. The Labute approximate surface area is 136 Å². The summed E-state index contributed by atoms with van der Waals surface area (Å²) in [5, 5.41) is 13.8. The summed E-state index contributed by atoms with van der Waals surface area (Å²) in [6, 6.07) is 8.20. The second kappa shape index (κ2) is 6.90. The quantitative estimate of drug-likeness (QED) is 0.935. The minimum absolute atomic E-state index is 0.390. The van der Waals surface area contributed by atoms with Crippen LogP contribution in [-0.4, -0.2) is 34.6 Å². The van der Waals surface area contributed by atoms with E-state index in [0.29, 0.717) is 5.92 Å². The molecule has 1 aliphatic heterocycles. The Hall–Kier alpha value is -1.23. The van der Waals surface area contributed by atoms with Crippen molar-refractivity contribution in [2.45, 2.75) is 38.7 Å². The van der Waals surface area contributed by atoms with E-state index in [1.807, 2.05) is 12.1 Å². The van der Waals surface area contributed by atoms with Gasteiger partial charge >= 0.3 is 0 Å². The van der Waals surface area contributed by atoms with Gasteiger partial charge in [0.05, 0.1) is 11.1 Å². The van der Waals surface area contributed by atoms with Gasteiger partial charge in [-0.05, 0) is 45.3 Å². The van der Waals surface area contributed by atoms with Crippen LogP contribution in [0.15, 0.2) is 29.6 Å². The van der Waals surface area contributed by atoms with Gasteiger partial charge in [-0.1, -0.05) is 29.8 Å². The number of β-amino-alcohol motifs (C(OH)–C–C–N with tert-alkyl or cyclic N) is 1. The fraction of sp³-hybridized carbons (Fsp3) is 0.500. The molecular formula is C18H24N2OS. The maximum atomic E-state index is 10.4. The molecule has 0 aliphatic carbocycles. The van der Waals surface area contributed by atoms with Crippen LogP contribution in [0.3, 0.4) is 0 Å². The van der Waals surface area contributed by atoms with Crippen LogP contribution >= 0.6 is 11.3 Å². The van der Waals surface area contributed by atoms with E-state index in [1.54, 1.807) is 11.3 Å². The van der Waals surface area contributed by atoms with Gasteiger partial charge in [-0.25, -0.2) is 4.98 Å². The molecule has 2 heterocycles. The van der Waals surface area contributed by atoms with E-state index in [4.69, 9.17) is 0 Å². The summed E-state index contributed by atoms with van der Waals surface area (Å²) < 4.78 is 0. The van der Waals surface area contributed by atoms with E-state index in [2.05, 4.69) is 41.2 Å². The van der Waals surface area contributed by atoms with E-state index < -0.39 is 0 Å². The van der Waals surface area contributed by atoms with E-state index in [0.717, 1.165) is 43.7 Å². The third kappa shape index (κ3) is 3.75. The zero-order chi connectivity index (χ0) is 15.5. The van der Waals surface area contributed by atoms with Crippen molar-refractivity contribution >= 4 is 11.3 Å². The highest BCUT2D eigenvalue weighted by molar-refractivity contribution is 7.09. The number of aromatic nitrogens is 1.